The number of anilines is 1. The first-order chi connectivity index (χ1) is 14.0. The molecule has 2 aromatic heterocycles. The first-order valence-corrected chi connectivity index (χ1v) is 9.96. The number of hydrogen-bond acceptors (Lipinski definition) is 6. The molecule has 0 spiro atoms. The first kappa shape index (κ1) is 17.5. The number of allylic oxidation sites excluding steroid dienone is 1. The van der Waals surface area contributed by atoms with Gasteiger partial charge in [0, 0.05) is 22.4 Å². The van der Waals surface area contributed by atoms with Crippen molar-refractivity contribution >= 4 is 45.2 Å². The molecule has 0 amide bonds. The third-order valence-corrected chi connectivity index (χ3v) is 5.91. The van der Waals surface area contributed by atoms with Crippen LogP contribution < -0.4 is 11.3 Å². The molecular weight excluding hydrogens is 382 g/mol. The van der Waals surface area contributed by atoms with E-state index in [9.17, 15) is 4.79 Å². The van der Waals surface area contributed by atoms with Gasteiger partial charge < -0.3 is 5.73 Å². The summed E-state index contributed by atoms with van der Waals surface area (Å²) in [5.41, 5.74) is 12.0. The molecule has 142 valence electrons. The zero-order valence-electron chi connectivity index (χ0n) is 15.9. The van der Waals surface area contributed by atoms with Crippen LogP contribution in [0.15, 0.2) is 58.3 Å². The fourth-order valence-corrected chi connectivity index (χ4v) is 4.29. The zero-order valence-corrected chi connectivity index (χ0v) is 16.7. The number of para-hydroxylation sites is 1. The Kier molecular flexibility index (Phi) is 3.92. The molecule has 4 aromatic rings. The Morgan fingerprint density at radius 1 is 1.07 bits per heavy atom. The number of aromatic nitrogens is 3. The van der Waals surface area contributed by atoms with Gasteiger partial charge in [-0.05, 0) is 26.0 Å². The summed E-state index contributed by atoms with van der Waals surface area (Å²) < 4.78 is 1.54. The van der Waals surface area contributed by atoms with E-state index in [0.717, 1.165) is 33.1 Å². The van der Waals surface area contributed by atoms with E-state index in [1.54, 1.807) is 10.6 Å². The molecule has 0 saturated heterocycles. The number of nitrogens with zero attached hydrogens (tertiary/aromatic N) is 4. The van der Waals surface area contributed by atoms with Crippen LogP contribution in [0.5, 0.6) is 0 Å². The van der Waals surface area contributed by atoms with Crippen LogP contribution in [0.3, 0.4) is 0 Å². The second-order valence-corrected chi connectivity index (χ2v) is 7.91. The highest BCUT2D eigenvalue weighted by atomic mass is 32.1. The summed E-state index contributed by atoms with van der Waals surface area (Å²) in [7, 11) is 0. The van der Waals surface area contributed by atoms with Gasteiger partial charge in [0.25, 0.3) is 5.56 Å². The molecule has 1 aliphatic rings. The largest absolute Gasteiger partial charge is 0.383 e. The van der Waals surface area contributed by atoms with Gasteiger partial charge in [0.2, 0.25) is 4.96 Å². The number of benzene rings is 2. The maximum atomic E-state index is 12.7. The molecule has 3 heterocycles. The number of rotatable bonds is 2. The van der Waals surface area contributed by atoms with Crippen molar-refractivity contribution in [1.82, 2.24) is 14.6 Å². The summed E-state index contributed by atoms with van der Waals surface area (Å²) in [5.74, 6) is 0.277. The van der Waals surface area contributed by atoms with Crippen LogP contribution in [-0.2, 0) is 0 Å². The Morgan fingerprint density at radius 3 is 2.62 bits per heavy atom. The number of aryl methyl sites for hydroxylation is 1. The molecule has 1 aliphatic heterocycles. The Balaban J connectivity index is 1.67. The minimum absolute atomic E-state index is 0.277. The van der Waals surface area contributed by atoms with Crippen LogP contribution in [0.25, 0.3) is 27.2 Å². The minimum Gasteiger partial charge on any atom is -0.383 e. The quantitative estimate of drug-likeness (QED) is 0.543. The van der Waals surface area contributed by atoms with E-state index in [0.29, 0.717) is 10.5 Å². The molecule has 0 atom stereocenters. The normalized spacial score (nSPS) is 14.4. The highest BCUT2D eigenvalue weighted by molar-refractivity contribution is 7.19. The molecule has 2 N–H and O–H groups in total. The highest BCUT2D eigenvalue weighted by Crippen LogP contribution is 2.36. The van der Waals surface area contributed by atoms with Gasteiger partial charge in [-0.25, -0.2) is 0 Å². The monoisotopic (exact) mass is 399 g/mol. The molecule has 2 aromatic carbocycles. The van der Waals surface area contributed by atoms with Crippen molar-refractivity contribution in [3.63, 3.8) is 0 Å². The van der Waals surface area contributed by atoms with Crippen molar-refractivity contribution in [1.29, 1.82) is 0 Å². The molecule has 0 radical (unpaired) electrons. The van der Waals surface area contributed by atoms with Crippen molar-refractivity contribution in [3.05, 3.63) is 75.6 Å². The van der Waals surface area contributed by atoms with Gasteiger partial charge in [-0.3, -0.25) is 9.79 Å². The van der Waals surface area contributed by atoms with Gasteiger partial charge in [-0.15, -0.1) is 0 Å². The molecule has 29 heavy (non-hydrogen) atoms. The van der Waals surface area contributed by atoms with Crippen molar-refractivity contribution in [2.45, 2.75) is 13.8 Å². The lowest BCUT2D eigenvalue weighted by atomic mass is 10.0. The van der Waals surface area contributed by atoms with E-state index in [-0.39, 0.29) is 11.4 Å². The van der Waals surface area contributed by atoms with Crippen LogP contribution in [0.1, 0.15) is 23.6 Å². The summed E-state index contributed by atoms with van der Waals surface area (Å²) in [6.07, 6.45) is 1.77. The fraction of sp³-hybridized carbons (Fsp3) is 0.0909. The van der Waals surface area contributed by atoms with Gasteiger partial charge >= 0.3 is 0 Å². The van der Waals surface area contributed by atoms with Gasteiger partial charge in [-0.2, -0.15) is 14.6 Å². The SMILES string of the molecule is CC1=Nc2ccccc2C1=Cc1c(N)n2nc(-c3ccc(C)cc3)sc2nc1=O. The lowest BCUT2D eigenvalue weighted by Crippen LogP contribution is -2.17. The van der Waals surface area contributed by atoms with E-state index < -0.39 is 0 Å². The number of nitrogens with two attached hydrogens (primary N) is 1. The van der Waals surface area contributed by atoms with Crippen molar-refractivity contribution in [3.8, 4) is 10.6 Å². The van der Waals surface area contributed by atoms with Gasteiger partial charge in [0.15, 0.2) is 0 Å². The van der Waals surface area contributed by atoms with Crippen LogP contribution in [0, 0.1) is 6.92 Å². The van der Waals surface area contributed by atoms with Crippen LogP contribution in [-0.4, -0.2) is 20.3 Å². The Labute approximate surface area is 170 Å². The summed E-state index contributed by atoms with van der Waals surface area (Å²) in [6.45, 7) is 3.95. The van der Waals surface area contributed by atoms with E-state index in [2.05, 4.69) is 15.1 Å². The maximum Gasteiger partial charge on any atom is 0.283 e. The average molecular weight is 399 g/mol. The van der Waals surface area contributed by atoms with Crippen LogP contribution >= 0.6 is 11.3 Å². The third kappa shape index (κ3) is 2.87. The third-order valence-electron chi connectivity index (χ3n) is 4.95. The fourth-order valence-electron chi connectivity index (χ4n) is 3.39. The molecular formula is C22H17N5OS. The first-order valence-electron chi connectivity index (χ1n) is 9.14. The van der Waals surface area contributed by atoms with E-state index in [1.807, 2.05) is 62.4 Å². The molecule has 5 rings (SSSR count). The van der Waals surface area contributed by atoms with Crippen LogP contribution in [0.2, 0.25) is 0 Å². The highest BCUT2D eigenvalue weighted by Gasteiger charge is 2.20. The van der Waals surface area contributed by atoms with Crippen molar-refractivity contribution in [2.75, 3.05) is 5.73 Å². The lowest BCUT2D eigenvalue weighted by molar-refractivity contribution is 0.944. The molecule has 7 heteroatoms. The smallest absolute Gasteiger partial charge is 0.283 e. The predicted octanol–water partition coefficient (Wildman–Crippen LogP) is 4.36. The summed E-state index contributed by atoms with van der Waals surface area (Å²) >= 11 is 1.34. The van der Waals surface area contributed by atoms with E-state index >= 15 is 0 Å². The summed E-state index contributed by atoms with van der Waals surface area (Å²) in [6, 6.07) is 15.9. The second-order valence-electron chi connectivity index (χ2n) is 6.96. The molecule has 0 saturated carbocycles. The summed E-state index contributed by atoms with van der Waals surface area (Å²) in [4.78, 5) is 22.0. The maximum absolute atomic E-state index is 12.7. The molecule has 0 unspecified atom stereocenters. The Morgan fingerprint density at radius 2 is 1.83 bits per heavy atom. The lowest BCUT2D eigenvalue weighted by Gasteiger charge is -2.04. The van der Waals surface area contributed by atoms with Gasteiger partial charge in [0.1, 0.15) is 10.8 Å². The molecule has 6 nitrogen and oxygen atoms in total. The number of aliphatic imine (C=N–C) groups is 1. The topological polar surface area (TPSA) is 85.6 Å². The molecule has 0 aliphatic carbocycles. The van der Waals surface area contributed by atoms with Gasteiger partial charge in [-0.1, -0.05) is 59.4 Å². The number of fused-ring (bicyclic) bond motifs is 2. The predicted molar refractivity (Wildman–Crippen MR) is 119 cm³/mol. The van der Waals surface area contributed by atoms with E-state index in [1.165, 1.54) is 16.9 Å². The second kappa shape index (κ2) is 6.49. The van der Waals surface area contributed by atoms with Crippen LogP contribution in [0.4, 0.5) is 11.5 Å². The minimum atomic E-state index is -0.369. The molecule has 0 fully saturated rings. The van der Waals surface area contributed by atoms with Gasteiger partial charge in [0.05, 0.1) is 11.3 Å². The Hall–Kier alpha value is -3.58. The number of hydrogen-bond donors (Lipinski definition) is 1. The molecule has 0 bridgehead atoms. The van der Waals surface area contributed by atoms with Crippen molar-refractivity contribution in [2.24, 2.45) is 4.99 Å². The standard InChI is InChI=1S/C22H17N5OS/c1-12-7-9-14(10-8-12)21-26-27-19(23)17(20(28)25-22(27)29-21)11-16-13(2)24-18-6-4-3-5-15(16)18/h3-11H,23H2,1-2H3. The zero-order chi connectivity index (χ0) is 20.1. The van der Waals surface area contributed by atoms with Crippen molar-refractivity contribution < 1.29 is 0 Å². The average Bonchev–Trinajstić information content (AvgIpc) is 3.26. The number of nitrogen functional groups attached to an aromatic ring is 1. The Bertz CT molecular complexity index is 1390. The van der Waals surface area contributed by atoms with E-state index in [4.69, 9.17) is 5.73 Å². The summed E-state index contributed by atoms with van der Waals surface area (Å²) in [5, 5.41) is 5.36.